The molecule has 2 atom stereocenters. The molecule has 0 aliphatic carbocycles. The Morgan fingerprint density at radius 3 is 0.934 bits per heavy atom. The van der Waals surface area contributed by atoms with Crippen molar-refractivity contribution >= 4 is 11.9 Å². The minimum Gasteiger partial charge on any atom is -0.466 e. The van der Waals surface area contributed by atoms with Crippen molar-refractivity contribution < 1.29 is 24.5 Å². The Hall–Kier alpha value is -1.66. The summed E-state index contributed by atoms with van der Waals surface area (Å²) in [6, 6.07) is -0.549. The van der Waals surface area contributed by atoms with Crippen molar-refractivity contribution in [2.24, 2.45) is 0 Å². The number of hydrogen-bond acceptors (Lipinski definition) is 5. The Labute approximate surface area is 475 Å². The average molecular weight is 1070 g/mol. The fourth-order valence-corrected chi connectivity index (χ4v) is 10.9. The van der Waals surface area contributed by atoms with Crippen LogP contribution in [-0.2, 0) is 14.3 Å². The number of nitrogens with one attached hydrogen (secondary N) is 1. The van der Waals surface area contributed by atoms with Gasteiger partial charge in [-0.3, -0.25) is 9.59 Å². The van der Waals surface area contributed by atoms with Gasteiger partial charge in [0.05, 0.1) is 25.4 Å². The summed E-state index contributed by atoms with van der Waals surface area (Å²) < 4.78 is 5.50. The summed E-state index contributed by atoms with van der Waals surface area (Å²) in [5.41, 5.74) is 0. The second kappa shape index (κ2) is 65.9. The van der Waals surface area contributed by atoms with Gasteiger partial charge in [-0.05, 0) is 77.0 Å². The molecule has 0 bridgehead atoms. The molecule has 0 aromatic carbocycles. The molecule has 0 aromatic rings. The quantitative estimate of drug-likeness (QED) is 0.0320. The maximum absolute atomic E-state index is 12.5. The van der Waals surface area contributed by atoms with E-state index in [0.29, 0.717) is 25.9 Å². The lowest BCUT2D eigenvalue weighted by molar-refractivity contribution is -0.143. The van der Waals surface area contributed by atoms with Crippen molar-refractivity contribution in [1.29, 1.82) is 0 Å². The molecule has 6 nitrogen and oxygen atoms in total. The average Bonchev–Trinajstić information content (AvgIpc) is 3.42. The van der Waals surface area contributed by atoms with E-state index in [1.165, 1.54) is 308 Å². The van der Waals surface area contributed by atoms with Crippen molar-refractivity contribution in [2.75, 3.05) is 13.2 Å². The third-order valence-electron chi connectivity index (χ3n) is 16.2. The standard InChI is InChI=1S/C70H135NO5/c1-3-5-7-9-11-13-15-17-19-21-23-24-27-30-34-38-42-46-50-54-58-62-68(73)67(66-72)71-69(74)63-59-55-51-47-43-39-35-31-28-25-26-29-33-37-41-45-49-53-57-61-65-76-70(75)64-60-56-52-48-44-40-36-32-22-20-18-16-14-12-10-8-6-4-2/h20,22,25,28,67-68,72-73H,3-19,21,23-24,26-27,29-66H2,1-2H3,(H,71,74)/b22-20-,28-25-. The number of unbranched alkanes of at least 4 members (excludes halogenated alkanes) is 50. The summed E-state index contributed by atoms with van der Waals surface area (Å²) in [6.07, 6.45) is 82.1. The predicted molar refractivity (Wildman–Crippen MR) is 333 cm³/mol. The molecule has 0 radical (unpaired) electrons. The highest BCUT2D eigenvalue weighted by Crippen LogP contribution is 2.18. The van der Waals surface area contributed by atoms with E-state index < -0.39 is 12.1 Å². The minimum atomic E-state index is -0.671. The predicted octanol–water partition coefficient (Wildman–Crippen LogP) is 22.1. The molecule has 2 unspecified atom stereocenters. The SMILES string of the molecule is CCCCCCCCC/C=C\CCCCCCCCCC(=O)OCCCCCCCCCCC/C=C\CCCCCCCCCC(=O)NC(CO)C(O)CCCCCCCCCCCCCCCCCCCCCCC. The van der Waals surface area contributed by atoms with E-state index >= 15 is 0 Å². The maximum atomic E-state index is 12.5. The van der Waals surface area contributed by atoms with Crippen LogP contribution in [0.25, 0.3) is 0 Å². The van der Waals surface area contributed by atoms with E-state index in [1.807, 2.05) is 0 Å². The molecule has 0 aliphatic rings. The molecule has 76 heavy (non-hydrogen) atoms. The summed E-state index contributed by atoms with van der Waals surface area (Å²) in [5, 5.41) is 23.4. The highest BCUT2D eigenvalue weighted by molar-refractivity contribution is 5.76. The number of rotatable bonds is 65. The van der Waals surface area contributed by atoms with Gasteiger partial charge in [0.2, 0.25) is 5.91 Å². The van der Waals surface area contributed by atoms with Crippen LogP contribution in [0.15, 0.2) is 24.3 Å². The molecule has 0 rings (SSSR count). The van der Waals surface area contributed by atoms with Crippen LogP contribution in [0.1, 0.15) is 386 Å². The molecular formula is C70H135NO5. The summed E-state index contributed by atoms with van der Waals surface area (Å²) in [7, 11) is 0. The molecule has 1 amide bonds. The van der Waals surface area contributed by atoms with Gasteiger partial charge in [0.15, 0.2) is 0 Å². The highest BCUT2D eigenvalue weighted by atomic mass is 16.5. The Balaban J connectivity index is 3.42. The topological polar surface area (TPSA) is 95.9 Å². The molecule has 0 aliphatic heterocycles. The number of amides is 1. The van der Waals surface area contributed by atoms with Crippen LogP contribution in [0, 0.1) is 0 Å². The summed E-state index contributed by atoms with van der Waals surface area (Å²) in [6.45, 7) is 4.98. The highest BCUT2D eigenvalue weighted by Gasteiger charge is 2.20. The lowest BCUT2D eigenvalue weighted by Crippen LogP contribution is -2.45. The third kappa shape index (κ3) is 61.6. The van der Waals surface area contributed by atoms with Crippen molar-refractivity contribution in [3.05, 3.63) is 24.3 Å². The van der Waals surface area contributed by atoms with E-state index in [-0.39, 0.29) is 18.5 Å². The lowest BCUT2D eigenvalue weighted by atomic mass is 10.0. The van der Waals surface area contributed by atoms with Crippen LogP contribution in [0.4, 0.5) is 0 Å². The number of carbonyl (C=O) groups is 2. The van der Waals surface area contributed by atoms with E-state index in [0.717, 1.165) is 44.9 Å². The van der Waals surface area contributed by atoms with E-state index in [9.17, 15) is 19.8 Å². The van der Waals surface area contributed by atoms with Gasteiger partial charge in [0, 0.05) is 12.8 Å². The molecule has 0 aromatic heterocycles. The molecule has 3 N–H and O–H groups in total. The zero-order chi connectivity index (χ0) is 55.0. The summed E-state index contributed by atoms with van der Waals surface area (Å²) in [5.74, 6) is -0.0354. The van der Waals surface area contributed by atoms with Crippen molar-refractivity contribution in [3.63, 3.8) is 0 Å². The molecule has 0 fully saturated rings. The van der Waals surface area contributed by atoms with Crippen LogP contribution in [0.5, 0.6) is 0 Å². The van der Waals surface area contributed by atoms with Crippen molar-refractivity contribution in [2.45, 2.75) is 398 Å². The molecule has 6 heteroatoms. The molecule has 0 spiro atoms. The molecule has 0 heterocycles. The van der Waals surface area contributed by atoms with E-state index in [4.69, 9.17) is 4.74 Å². The first-order chi connectivity index (χ1) is 37.5. The number of allylic oxidation sites excluding steroid dienone is 4. The van der Waals surface area contributed by atoms with Crippen molar-refractivity contribution in [1.82, 2.24) is 5.32 Å². The fraction of sp³-hybridized carbons (Fsp3) is 0.914. The second-order valence-electron chi connectivity index (χ2n) is 23.9. The number of esters is 1. The van der Waals surface area contributed by atoms with E-state index in [1.54, 1.807) is 0 Å². The van der Waals surface area contributed by atoms with Crippen LogP contribution in [0.3, 0.4) is 0 Å². The summed E-state index contributed by atoms with van der Waals surface area (Å²) in [4.78, 5) is 24.6. The monoisotopic (exact) mass is 1070 g/mol. The zero-order valence-electron chi connectivity index (χ0n) is 51.5. The Bertz CT molecular complexity index is 1190. The van der Waals surface area contributed by atoms with Crippen LogP contribution < -0.4 is 5.32 Å². The molecule has 0 saturated heterocycles. The number of aliphatic hydroxyl groups is 2. The van der Waals surface area contributed by atoms with Gasteiger partial charge in [-0.2, -0.15) is 0 Å². The normalized spacial score (nSPS) is 12.6. The smallest absolute Gasteiger partial charge is 0.305 e. The van der Waals surface area contributed by atoms with Gasteiger partial charge < -0.3 is 20.3 Å². The van der Waals surface area contributed by atoms with Crippen LogP contribution >= 0.6 is 0 Å². The lowest BCUT2D eigenvalue weighted by Gasteiger charge is -2.22. The fourth-order valence-electron chi connectivity index (χ4n) is 10.9. The largest absolute Gasteiger partial charge is 0.466 e. The molecule has 0 saturated carbocycles. The third-order valence-corrected chi connectivity index (χ3v) is 16.2. The van der Waals surface area contributed by atoms with Gasteiger partial charge in [-0.1, -0.05) is 321 Å². The first kappa shape index (κ1) is 74.3. The van der Waals surface area contributed by atoms with E-state index in [2.05, 4.69) is 43.5 Å². The van der Waals surface area contributed by atoms with Crippen molar-refractivity contribution in [3.8, 4) is 0 Å². The van der Waals surface area contributed by atoms with Crippen LogP contribution in [-0.4, -0.2) is 47.4 Å². The molecule has 450 valence electrons. The number of ether oxygens (including phenoxy) is 1. The van der Waals surface area contributed by atoms with Crippen LogP contribution in [0.2, 0.25) is 0 Å². The molecular weight excluding hydrogens is 935 g/mol. The number of carbonyl (C=O) groups excluding carboxylic acids is 2. The Morgan fingerprint density at radius 1 is 0.355 bits per heavy atom. The Morgan fingerprint density at radius 2 is 0.618 bits per heavy atom. The summed E-state index contributed by atoms with van der Waals surface area (Å²) >= 11 is 0. The Kier molecular flexibility index (Phi) is 64.4. The van der Waals surface area contributed by atoms with Gasteiger partial charge >= 0.3 is 5.97 Å². The van der Waals surface area contributed by atoms with Gasteiger partial charge in [0.25, 0.3) is 0 Å². The van der Waals surface area contributed by atoms with Gasteiger partial charge in [-0.15, -0.1) is 0 Å². The minimum absolute atomic E-state index is 0.00433. The first-order valence-corrected chi connectivity index (χ1v) is 34.6. The first-order valence-electron chi connectivity index (χ1n) is 34.6. The van der Waals surface area contributed by atoms with Gasteiger partial charge in [0.1, 0.15) is 0 Å². The number of hydrogen-bond donors (Lipinski definition) is 3. The number of aliphatic hydroxyl groups excluding tert-OH is 2. The zero-order valence-corrected chi connectivity index (χ0v) is 51.5. The maximum Gasteiger partial charge on any atom is 0.305 e. The second-order valence-corrected chi connectivity index (χ2v) is 23.9. The van der Waals surface area contributed by atoms with Gasteiger partial charge in [-0.25, -0.2) is 0 Å².